The maximum absolute atomic E-state index is 5.86. The number of anilines is 1. The zero-order valence-corrected chi connectivity index (χ0v) is 12.2. The number of rotatable bonds is 3. The van der Waals surface area contributed by atoms with Crippen molar-refractivity contribution in [2.75, 3.05) is 25.0 Å². The van der Waals surface area contributed by atoms with Crippen molar-refractivity contribution in [2.24, 2.45) is 5.41 Å². The molecule has 94 valence electrons. The Hall–Kier alpha value is -0.320. The average Bonchev–Trinajstić information content (AvgIpc) is 2.29. The summed E-state index contributed by atoms with van der Waals surface area (Å²) in [7, 11) is 0. The molecular weight excluding hydrogens is 302 g/mol. The van der Waals surface area contributed by atoms with Gasteiger partial charge in [-0.3, -0.25) is 0 Å². The van der Waals surface area contributed by atoms with Crippen LogP contribution in [0.5, 0.6) is 0 Å². The summed E-state index contributed by atoms with van der Waals surface area (Å²) < 4.78 is 0.914. The van der Waals surface area contributed by atoms with Gasteiger partial charge in [0, 0.05) is 19.3 Å². The van der Waals surface area contributed by atoms with Crippen LogP contribution >= 0.6 is 27.5 Å². The average molecular weight is 319 g/mol. The van der Waals surface area contributed by atoms with E-state index in [0.717, 1.165) is 29.9 Å². The number of piperidine rings is 1. The smallest absolute Gasteiger partial charge is 0.140 e. The van der Waals surface area contributed by atoms with E-state index in [0.29, 0.717) is 10.4 Å². The van der Waals surface area contributed by atoms with E-state index >= 15 is 0 Å². The molecule has 1 unspecified atom stereocenters. The molecular formula is C12H17BrClN3. The number of halogens is 2. The molecule has 2 N–H and O–H groups in total. The Labute approximate surface area is 115 Å². The lowest BCUT2D eigenvalue weighted by molar-refractivity contribution is 0.253. The third-order valence-electron chi connectivity index (χ3n) is 3.18. The van der Waals surface area contributed by atoms with Crippen molar-refractivity contribution in [1.29, 1.82) is 0 Å². The summed E-state index contributed by atoms with van der Waals surface area (Å²) in [5, 5.41) is 7.48. The molecule has 2 heterocycles. The van der Waals surface area contributed by atoms with Gasteiger partial charge in [0.2, 0.25) is 0 Å². The van der Waals surface area contributed by atoms with E-state index in [1.807, 2.05) is 6.07 Å². The Morgan fingerprint density at radius 3 is 3.12 bits per heavy atom. The number of pyridine rings is 1. The molecule has 0 saturated carbocycles. The molecule has 1 aromatic heterocycles. The van der Waals surface area contributed by atoms with Crippen LogP contribution < -0.4 is 10.6 Å². The Bertz CT molecular complexity index is 391. The Morgan fingerprint density at radius 2 is 2.47 bits per heavy atom. The van der Waals surface area contributed by atoms with Gasteiger partial charge in [0.05, 0.1) is 9.50 Å². The first kappa shape index (κ1) is 13.1. The highest BCUT2D eigenvalue weighted by molar-refractivity contribution is 9.10. The van der Waals surface area contributed by atoms with Gasteiger partial charge < -0.3 is 10.6 Å². The van der Waals surface area contributed by atoms with E-state index in [4.69, 9.17) is 11.6 Å². The summed E-state index contributed by atoms with van der Waals surface area (Å²) in [5.41, 5.74) is 0.305. The predicted octanol–water partition coefficient (Wildman–Crippen LogP) is 3.30. The molecule has 5 heteroatoms. The number of nitrogens with zero attached hydrogens (tertiary/aromatic N) is 1. The predicted molar refractivity (Wildman–Crippen MR) is 75.6 cm³/mol. The summed E-state index contributed by atoms with van der Waals surface area (Å²) in [6, 6.07) is 1.86. The SMILES string of the molecule is CC1(CNc2ncc(Cl)cc2Br)CCCNC1. The summed E-state index contributed by atoms with van der Waals surface area (Å²) in [6.45, 7) is 5.42. The Kier molecular flexibility index (Phi) is 4.28. The fraction of sp³-hybridized carbons (Fsp3) is 0.583. The van der Waals surface area contributed by atoms with Crippen LogP contribution in [0.2, 0.25) is 5.02 Å². The molecule has 1 aliphatic rings. The highest BCUT2D eigenvalue weighted by atomic mass is 79.9. The van der Waals surface area contributed by atoms with Gasteiger partial charge in [-0.2, -0.15) is 0 Å². The number of hydrogen-bond donors (Lipinski definition) is 2. The van der Waals surface area contributed by atoms with Crippen LogP contribution in [-0.4, -0.2) is 24.6 Å². The van der Waals surface area contributed by atoms with Gasteiger partial charge in [-0.25, -0.2) is 4.98 Å². The Morgan fingerprint density at radius 1 is 1.65 bits per heavy atom. The molecule has 0 amide bonds. The van der Waals surface area contributed by atoms with Gasteiger partial charge in [-0.1, -0.05) is 18.5 Å². The zero-order chi connectivity index (χ0) is 12.3. The first-order chi connectivity index (χ1) is 8.09. The first-order valence-corrected chi connectivity index (χ1v) is 7.02. The summed E-state index contributed by atoms with van der Waals surface area (Å²) in [4.78, 5) is 4.28. The van der Waals surface area contributed by atoms with Gasteiger partial charge in [-0.15, -0.1) is 0 Å². The lowest BCUT2D eigenvalue weighted by Gasteiger charge is -2.34. The zero-order valence-electron chi connectivity index (χ0n) is 9.89. The normalized spacial score (nSPS) is 24.6. The molecule has 0 aliphatic carbocycles. The molecule has 3 nitrogen and oxygen atoms in total. The molecule has 17 heavy (non-hydrogen) atoms. The molecule has 0 aromatic carbocycles. The van der Waals surface area contributed by atoms with E-state index in [2.05, 4.69) is 38.5 Å². The molecule has 1 aromatic rings. The van der Waals surface area contributed by atoms with Crippen molar-refractivity contribution in [2.45, 2.75) is 19.8 Å². The molecule has 0 spiro atoms. The molecule has 1 saturated heterocycles. The molecule has 2 rings (SSSR count). The molecule has 1 aliphatic heterocycles. The first-order valence-electron chi connectivity index (χ1n) is 5.85. The van der Waals surface area contributed by atoms with Gasteiger partial charge >= 0.3 is 0 Å². The minimum atomic E-state index is 0.305. The van der Waals surface area contributed by atoms with E-state index < -0.39 is 0 Å². The van der Waals surface area contributed by atoms with Gasteiger partial charge in [0.25, 0.3) is 0 Å². The standard InChI is InChI=1S/C12H17BrClN3/c1-12(3-2-4-15-7-12)8-17-11-10(13)5-9(14)6-16-11/h5-6,15H,2-4,7-8H2,1H3,(H,16,17). The Balaban J connectivity index is 1.97. The monoisotopic (exact) mass is 317 g/mol. The van der Waals surface area contributed by atoms with Crippen LogP contribution in [0.1, 0.15) is 19.8 Å². The highest BCUT2D eigenvalue weighted by Crippen LogP contribution is 2.28. The number of nitrogens with one attached hydrogen (secondary N) is 2. The van der Waals surface area contributed by atoms with Crippen LogP contribution in [0, 0.1) is 5.41 Å². The lowest BCUT2D eigenvalue weighted by atomic mass is 9.83. The van der Waals surface area contributed by atoms with Crippen molar-refractivity contribution < 1.29 is 0 Å². The van der Waals surface area contributed by atoms with Gasteiger partial charge in [0.1, 0.15) is 5.82 Å². The second kappa shape index (κ2) is 5.55. The minimum absolute atomic E-state index is 0.305. The fourth-order valence-corrected chi connectivity index (χ4v) is 2.89. The number of hydrogen-bond acceptors (Lipinski definition) is 3. The molecule has 0 bridgehead atoms. The third kappa shape index (κ3) is 3.57. The van der Waals surface area contributed by atoms with Crippen LogP contribution in [0.3, 0.4) is 0 Å². The lowest BCUT2D eigenvalue weighted by Crippen LogP contribution is -2.42. The minimum Gasteiger partial charge on any atom is -0.369 e. The summed E-state index contributed by atoms with van der Waals surface area (Å²) >= 11 is 9.33. The van der Waals surface area contributed by atoms with E-state index in [1.165, 1.54) is 12.8 Å². The second-order valence-corrected chi connectivity index (χ2v) is 6.22. The van der Waals surface area contributed by atoms with Crippen molar-refractivity contribution in [3.05, 3.63) is 21.8 Å². The maximum atomic E-state index is 5.86. The van der Waals surface area contributed by atoms with Crippen molar-refractivity contribution in [3.63, 3.8) is 0 Å². The highest BCUT2D eigenvalue weighted by Gasteiger charge is 2.26. The topological polar surface area (TPSA) is 37.0 Å². The second-order valence-electron chi connectivity index (χ2n) is 4.93. The van der Waals surface area contributed by atoms with Crippen LogP contribution in [-0.2, 0) is 0 Å². The summed E-state index contributed by atoms with van der Waals surface area (Å²) in [6.07, 6.45) is 4.15. The quantitative estimate of drug-likeness (QED) is 0.898. The van der Waals surface area contributed by atoms with Crippen molar-refractivity contribution >= 4 is 33.3 Å². The fourth-order valence-electron chi connectivity index (χ4n) is 2.11. The molecule has 1 atom stereocenters. The van der Waals surface area contributed by atoms with E-state index in [9.17, 15) is 0 Å². The van der Waals surface area contributed by atoms with Crippen LogP contribution in [0.25, 0.3) is 0 Å². The van der Waals surface area contributed by atoms with Gasteiger partial charge in [0.15, 0.2) is 0 Å². The van der Waals surface area contributed by atoms with Crippen molar-refractivity contribution in [1.82, 2.24) is 10.3 Å². The largest absolute Gasteiger partial charge is 0.369 e. The van der Waals surface area contributed by atoms with Crippen LogP contribution in [0.15, 0.2) is 16.7 Å². The van der Waals surface area contributed by atoms with E-state index in [1.54, 1.807) is 6.20 Å². The maximum Gasteiger partial charge on any atom is 0.140 e. The van der Waals surface area contributed by atoms with E-state index in [-0.39, 0.29) is 0 Å². The summed E-state index contributed by atoms with van der Waals surface area (Å²) in [5.74, 6) is 0.862. The van der Waals surface area contributed by atoms with Crippen LogP contribution in [0.4, 0.5) is 5.82 Å². The van der Waals surface area contributed by atoms with Crippen molar-refractivity contribution in [3.8, 4) is 0 Å². The number of aromatic nitrogens is 1. The van der Waals surface area contributed by atoms with Gasteiger partial charge in [-0.05, 0) is 46.8 Å². The molecule has 0 radical (unpaired) electrons. The molecule has 1 fully saturated rings. The third-order valence-corrected chi connectivity index (χ3v) is 3.99.